The number of aryl methyl sites for hydroxylation is 2. The van der Waals surface area contributed by atoms with E-state index in [1.165, 1.54) is 12.8 Å². The molecule has 1 aliphatic rings. The van der Waals surface area contributed by atoms with Crippen LogP contribution in [0.1, 0.15) is 24.4 Å². The Morgan fingerprint density at radius 2 is 2.22 bits per heavy atom. The predicted octanol–water partition coefficient (Wildman–Crippen LogP) is 3.22. The highest BCUT2D eigenvalue weighted by Gasteiger charge is 2.13. The van der Waals surface area contributed by atoms with Crippen LogP contribution in [0.25, 0.3) is 0 Å². The van der Waals surface area contributed by atoms with Gasteiger partial charge in [0.2, 0.25) is 0 Å². The summed E-state index contributed by atoms with van der Waals surface area (Å²) < 4.78 is 7.56. The van der Waals surface area contributed by atoms with Crippen molar-refractivity contribution in [2.75, 3.05) is 6.61 Å². The molecule has 0 atom stereocenters. The van der Waals surface area contributed by atoms with Gasteiger partial charge in [0, 0.05) is 30.3 Å². The van der Waals surface area contributed by atoms with E-state index >= 15 is 0 Å². The maximum Gasteiger partial charge on any atom is 0.258 e. The lowest BCUT2D eigenvalue weighted by atomic mass is 10.2. The highest BCUT2D eigenvalue weighted by atomic mass is 35.5. The largest absolute Gasteiger partial charge is 0.482 e. The molecule has 1 aromatic heterocycles. The Kier molecular flexibility index (Phi) is 5.08. The Balaban J connectivity index is 1.49. The second kappa shape index (κ2) is 7.23. The number of rotatable bonds is 5. The zero-order valence-corrected chi connectivity index (χ0v) is 14.0. The molecule has 2 heterocycles. The van der Waals surface area contributed by atoms with Gasteiger partial charge in [0.1, 0.15) is 11.6 Å². The summed E-state index contributed by atoms with van der Waals surface area (Å²) in [6.07, 6.45) is 5.37. The van der Waals surface area contributed by atoms with Crippen molar-refractivity contribution in [1.82, 2.24) is 14.9 Å². The van der Waals surface area contributed by atoms with E-state index in [0.29, 0.717) is 22.3 Å². The normalized spacial score (nSPS) is 13.5. The maximum absolute atomic E-state index is 11.9. The van der Waals surface area contributed by atoms with E-state index in [1.807, 2.05) is 6.20 Å². The van der Waals surface area contributed by atoms with Gasteiger partial charge >= 0.3 is 0 Å². The van der Waals surface area contributed by atoms with E-state index in [1.54, 1.807) is 18.2 Å². The van der Waals surface area contributed by atoms with Crippen LogP contribution < -0.4 is 10.1 Å². The van der Waals surface area contributed by atoms with Crippen molar-refractivity contribution in [3.05, 3.63) is 46.0 Å². The molecular weight excluding hydrogens is 337 g/mol. The van der Waals surface area contributed by atoms with Crippen molar-refractivity contribution < 1.29 is 9.53 Å². The second-order valence-electron chi connectivity index (χ2n) is 5.44. The first kappa shape index (κ1) is 16.1. The molecule has 1 amide bonds. The molecule has 7 heteroatoms. The molecule has 1 aliphatic heterocycles. The number of carbonyl (C=O) groups is 1. The van der Waals surface area contributed by atoms with Gasteiger partial charge in [-0.1, -0.05) is 23.2 Å². The van der Waals surface area contributed by atoms with Crippen LogP contribution in [0.2, 0.25) is 10.0 Å². The third-order valence-electron chi connectivity index (χ3n) is 3.68. The molecule has 3 rings (SSSR count). The number of benzene rings is 1. The van der Waals surface area contributed by atoms with Gasteiger partial charge < -0.3 is 14.6 Å². The van der Waals surface area contributed by atoms with Gasteiger partial charge in [-0.15, -0.1) is 0 Å². The van der Waals surface area contributed by atoms with Gasteiger partial charge in [-0.25, -0.2) is 4.98 Å². The minimum atomic E-state index is -0.230. The lowest BCUT2D eigenvalue weighted by Crippen LogP contribution is -2.28. The summed E-state index contributed by atoms with van der Waals surface area (Å²) in [5, 5.41) is 3.72. The monoisotopic (exact) mass is 353 g/mol. The molecule has 0 aliphatic carbocycles. The number of imidazole rings is 1. The lowest BCUT2D eigenvalue weighted by Gasteiger charge is -2.11. The molecule has 0 saturated heterocycles. The lowest BCUT2D eigenvalue weighted by molar-refractivity contribution is -0.123. The highest BCUT2D eigenvalue weighted by molar-refractivity contribution is 6.34. The van der Waals surface area contributed by atoms with Crippen molar-refractivity contribution in [1.29, 1.82) is 0 Å². The summed E-state index contributed by atoms with van der Waals surface area (Å²) in [6.45, 7) is 1.28. The third kappa shape index (κ3) is 4.18. The Bertz CT molecular complexity index is 692. The number of hydrogen-bond acceptors (Lipinski definition) is 3. The number of hydrogen-bond donors (Lipinski definition) is 1. The number of nitrogens with one attached hydrogen (secondary N) is 1. The summed E-state index contributed by atoms with van der Waals surface area (Å²) in [6, 6.07) is 4.88. The van der Waals surface area contributed by atoms with Gasteiger partial charge in [0.15, 0.2) is 6.61 Å². The quantitative estimate of drug-likeness (QED) is 0.897. The average molecular weight is 354 g/mol. The van der Waals surface area contributed by atoms with Crippen molar-refractivity contribution in [3.8, 4) is 5.75 Å². The van der Waals surface area contributed by atoms with Crippen molar-refractivity contribution in [2.45, 2.75) is 32.4 Å². The molecule has 0 bridgehead atoms. The fourth-order valence-corrected chi connectivity index (χ4v) is 2.86. The molecule has 1 aromatic carbocycles. The molecule has 1 N–H and O–H groups in total. The van der Waals surface area contributed by atoms with Crippen LogP contribution in [0.5, 0.6) is 5.75 Å². The Morgan fingerprint density at radius 1 is 1.35 bits per heavy atom. The zero-order chi connectivity index (χ0) is 16.2. The number of halogens is 2. The number of carbonyl (C=O) groups excluding carboxylic acids is 1. The van der Waals surface area contributed by atoms with Crippen molar-refractivity contribution >= 4 is 29.1 Å². The summed E-state index contributed by atoms with van der Waals surface area (Å²) in [5.74, 6) is 1.27. The third-order valence-corrected chi connectivity index (χ3v) is 4.22. The first-order valence-corrected chi connectivity index (χ1v) is 8.27. The summed E-state index contributed by atoms with van der Waals surface area (Å²) in [4.78, 5) is 16.4. The molecule has 0 saturated carbocycles. The number of ether oxygens (including phenoxy) is 1. The zero-order valence-electron chi connectivity index (χ0n) is 12.5. The van der Waals surface area contributed by atoms with E-state index < -0.39 is 0 Å². The molecule has 0 spiro atoms. The summed E-state index contributed by atoms with van der Waals surface area (Å²) in [5.41, 5.74) is 0.871. The van der Waals surface area contributed by atoms with Crippen molar-refractivity contribution in [2.24, 2.45) is 0 Å². The second-order valence-corrected chi connectivity index (χ2v) is 6.28. The topological polar surface area (TPSA) is 56.1 Å². The molecule has 23 heavy (non-hydrogen) atoms. The van der Waals surface area contributed by atoms with Crippen LogP contribution in [-0.4, -0.2) is 22.1 Å². The standard InChI is InChI=1S/C16H17Cl2N3O2/c17-11-4-5-13(18)14(7-11)23-10-16(22)19-8-12-9-21-6-2-1-3-15(21)20-12/h4-5,7,9H,1-3,6,8,10H2,(H,19,22). The maximum atomic E-state index is 11.9. The molecular formula is C16H17Cl2N3O2. The van der Waals surface area contributed by atoms with Crippen LogP contribution >= 0.6 is 23.2 Å². The fraction of sp³-hybridized carbons (Fsp3) is 0.375. The first-order valence-electron chi connectivity index (χ1n) is 7.51. The smallest absolute Gasteiger partial charge is 0.258 e. The highest BCUT2D eigenvalue weighted by Crippen LogP contribution is 2.27. The molecule has 122 valence electrons. The molecule has 0 fully saturated rings. The molecule has 2 aromatic rings. The first-order chi connectivity index (χ1) is 11.1. The number of fused-ring (bicyclic) bond motifs is 1. The SMILES string of the molecule is O=C(COc1cc(Cl)ccc1Cl)NCc1cn2c(n1)CCCC2. The average Bonchev–Trinajstić information content (AvgIpc) is 2.96. The van der Waals surface area contributed by atoms with Gasteiger partial charge in [-0.3, -0.25) is 4.79 Å². The van der Waals surface area contributed by atoms with E-state index in [-0.39, 0.29) is 12.5 Å². The van der Waals surface area contributed by atoms with Crippen LogP contribution in [0.15, 0.2) is 24.4 Å². The Labute approximate surface area is 144 Å². The number of amides is 1. The van der Waals surface area contributed by atoms with E-state index in [0.717, 1.165) is 24.5 Å². The summed E-state index contributed by atoms with van der Waals surface area (Å²) >= 11 is 11.9. The summed E-state index contributed by atoms with van der Waals surface area (Å²) in [7, 11) is 0. The Morgan fingerprint density at radius 3 is 3.04 bits per heavy atom. The fourth-order valence-electron chi connectivity index (χ4n) is 2.53. The van der Waals surface area contributed by atoms with E-state index in [2.05, 4.69) is 14.9 Å². The van der Waals surface area contributed by atoms with Gasteiger partial charge in [0.25, 0.3) is 5.91 Å². The number of nitrogens with zero attached hydrogens (tertiary/aromatic N) is 2. The number of aromatic nitrogens is 2. The van der Waals surface area contributed by atoms with Crippen LogP contribution in [0.3, 0.4) is 0 Å². The molecule has 0 unspecified atom stereocenters. The van der Waals surface area contributed by atoms with E-state index in [4.69, 9.17) is 27.9 Å². The minimum absolute atomic E-state index is 0.117. The van der Waals surface area contributed by atoms with Gasteiger partial charge in [0.05, 0.1) is 17.3 Å². The molecule has 0 radical (unpaired) electrons. The Hall–Kier alpha value is -1.72. The molecule has 5 nitrogen and oxygen atoms in total. The van der Waals surface area contributed by atoms with Crippen LogP contribution in [0.4, 0.5) is 0 Å². The van der Waals surface area contributed by atoms with Gasteiger partial charge in [-0.05, 0) is 25.0 Å². The van der Waals surface area contributed by atoms with Gasteiger partial charge in [-0.2, -0.15) is 0 Å². The van der Waals surface area contributed by atoms with Crippen LogP contribution in [-0.2, 0) is 24.3 Å². The van der Waals surface area contributed by atoms with E-state index in [9.17, 15) is 4.79 Å². The minimum Gasteiger partial charge on any atom is -0.482 e. The van der Waals surface area contributed by atoms with Crippen LogP contribution in [0, 0.1) is 0 Å². The predicted molar refractivity (Wildman–Crippen MR) is 89.0 cm³/mol. The van der Waals surface area contributed by atoms with Crippen molar-refractivity contribution in [3.63, 3.8) is 0 Å².